The molecule has 0 aliphatic rings. The van der Waals surface area contributed by atoms with Gasteiger partial charge in [0, 0.05) is 0 Å². The van der Waals surface area contributed by atoms with Crippen LogP contribution in [0.4, 0.5) is 0 Å². The molecule has 0 heterocycles. The number of rotatable bonds is 2. The highest BCUT2D eigenvalue weighted by molar-refractivity contribution is 5.45. The first-order valence-electron chi connectivity index (χ1n) is 6.88. The van der Waals surface area contributed by atoms with Crippen molar-refractivity contribution >= 4 is 0 Å². The van der Waals surface area contributed by atoms with E-state index in [4.69, 9.17) is 9.47 Å². The molecule has 0 spiro atoms. The molecule has 0 aliphatic heterocycles. The Balaban J connectivity index is -0.000000328. The molecule has 0 unspecified atom stereocenters. The van der Waals surface area contributed by atoms with Crippen molar-refractivity contribution in [1.82, 2.24) is 0 Å². The molecule has 108 valence electrons. The van der Waals surface area contributed by atoms with Gasteiger partial charge in [-0.25, -0.2) is 0 Å². The molecule has 0 amide bonds. The van der Waals surface area contributed by atoms with Gasteiger partial charge < -0.3 is 9.47 Å². The number of benzene rings is 1. The summed E-state index contributed by atoms with van der Waals surface area (Å²) in [5, 5.41) is 0. The molecule has 0 saturated heterocycles. The lowest BCUT2D eigenvalue weighted by Crippen LogP contribution is -1.92. The molecule has 0 atom stereocenters. The van der Waals surface area contributed by atoms with E-state index in [-0.39, 0.29) is 0 Å². The molecule has 1 aromatic carbocycles. The van der Waals surface area contributed by atoms with Gasteiger partial charge in [-0.05, 0) is 37.1 Å². The summed E-state index contributed by atoms with van der Waals surface area (Å²) in [6, 6.07) is 3.96. The smallest absolute Gasteiger partial charge is 0.122 e. The van der Waals surface area contributed by atoms with Gasteiger partial charge in [0.05, 0.1) is 14.2 Å². The largest absolute Gasteiger partial charge is 0.496 e. The molecular formula is C16H32O2. The van der Waals surface area contributed by atoms with Crippen molar-refractivity contribution in [3.8, 4) is 11.5 Å². The molecule has 1 rings (SSSR count). The summed E-state index contributed by atoms with van der Waals surface area (Å²) in [7, 11) is 3.35. The number of hydrogen-bond donors (Lipinski definition) is 0. The standard InChI is InChI=1S/C10H14O2.3C2H6/c1-7-5-10(12-4)8(2)6-9(7)11-3;3*1-2/h5-6H,1-4H3;3*1-2H3. The van der Waals surface area contributed by atoms with Crippen LogP contribution in [-0.4, -0.2) is 14.2 Å². The lowest BCUT2D eigenvalue weighted by Gasteiger charge is -2.09. The third kappa shape index (κ3) is 7.99. The number of aryl methyl sites for hydroxylation is 2. The highest BCUT2D eigenvalue weighted by atomic mass is 16.5. The zero-order valence-corrected chi connectivity index (χ0v) is 14.0. The van der Waals surface area contributed by atoms with Crippen LogP contribution in [0.2, 0.25) is 0 Å². The Bertz CT molecular complexity index is 251. The maximum atomic E-state index is 5.17. The van der Waals surface area contributed by atoms with Crippen molar-refractivity contribution in [2.45, 2.75) is 55.4 Å². The molecule has 0 aliphatic carbocycles. The van der Waals surface area contributed by atoms with Crippen LogP contribution in [0, 0.1) is 13.8 Å². The Hall–Kier alpha value is -1.18. The SMILES string of the molecule is CC.CC.CC.COc1cc(C)c(OC)cc1C. The fourth-order valence-corrected chi connectivity index (χ4v) is 1.20. The molecule has 0 radical (unpaired) electrons. The number of hydrogen-bond acceptors (Lipinski definition) is 2. The highest BCUT2D eigenvalue weighted by Crippen LogP contribution is 2.26. The third-order valence-electron chi connectivity index (χ3n) is 1.91. The minimum absolute atomic E-state index is 0.910. The van der Waals surface area contributed by atoms with Crippen molar-refractivity contribution in [3.63, 3.8) is 0 Å². The van der Waals surface area contributed by atoms with Crippen LogP contribution in [0.25, 0.3) is 0 Å². The van der Waals surface area contributed by atoms with Gasteiger partial charge in [0.1, 0.15) is 11.5 Å². The molecule has 0 bridgehead atoms. The van der Waals surface area contributed by atoms with E-state index in [1.807, 2.05) is 67.5 Å². The average molecular weight is 256 g/mol. The Kier molecular flexibility index (Phi) is 19.4. The first kappa shape index (κ1) is 22.0. The topological polar surface area (TPSA) is 18.5 Å². The molecule has 0 fully saturated rings. The molecule has 0 aromatic heterocycles. The van der Waals surface area contributed by atoms with Gasteiger partial charge in [0.2, 0.25) is 0 Å². The maximum Gasteiger partial charge on any atom is 0.122 e. The second-order valence-electron chi connectivity index (χ2n) is 2.79. The molecular weight excluding hydrogens is 224 g/mol. The van der Waals surface area contributed by atoms with Crippen LogP contribution in [0.1, 0.15) is 52.7 Å². The zero-order valence-electron chi connectivity index (χ0n) is 14.0. The van der Waals surface area contributed by atoms with E-state index in [1.165, 1.54) is 0 Å². The Morgan fingerprint density at radius 2 is 0.833 bits per heavy atom. The molecule has 2 heteroatoms. The van der Waals surface area contributed by atoms with Crippen LogP contribution in [0.5, 0.6) is 11.5 Å². The van der Waals surface area contributed by atoms with E-state index in [2.05, 4.69) is 0 Å². The van der Waals surface area contributed by atoms with E-state index >= 15 is 0 Å². The molecule has 18 heavy (non-hydrogen) atoms. The van der Waals surface area contributed by atoms with Crippen molar-refractivity contribution in [1.29, 1.82) is 0 Å². The first-order chi connectivity index (χ1) is 8.69. The van der Waals surface area contributed by atoms with E-state index in [0.717, 1.165) is 22.6 Å². The minimum Gasteiger partial charge on any atom is -0.496 e. The summed E-state index contributed by atoms with van der Waals surface area (Å²) >= 11 is 0. The first-order valence-corrected chi connectivity index (χ1v) is 6.88. The summed E-state index contributed by atoms with van der Waals surface area (Å²) in [5.41, 5.74) is 2.19. The van der Waals surface area contributed by atoms with Gasteiger partial charge in [-0.3, -0.25) is 0 Å². The van der Waals surface area contributed by atoms with Crippen LogP contribution in [0.3, 0.4) is 0 Å². The van der Waals surface area contributed by atoms with Crippen molar-refractivity contribution < 1.29 is 9.47 Å². The quantitative estimate of drug-likeness (QED) is 0.705. The van der Waals surface area contributed by atoms with Crippen LogP contribution < -0.4 is 9.47 Å². The van der Waals surface area contributed by atoms with Crippen LogP contribution in [-0.2, 0) is 0 Å². The Morgan fingerprint density at radius 1 is 0.611 bits per heavy atom. The molecule has 0 N–H and O–H groups in total. The monoisotopic (exact) mass is 256 g/mol. The van der Waals surface area contributed by atoms with Crippen LogP contribution >= 0.6 is 0 Å². The predicted octanol–water partition coefficient (Wildman–Crippen LogP) is 5.40. The fourth-order valence-electron chi connectivity index (χ4n) is 1.20. The molecule has 2 nitrogen and oxygen atoms in total. The fraction of sp³-hybridized carbons (Fsp3) is 0.625. The average Bonchev–Trinajstić information content (AvgIpc) is 2.47. The van der Waals surface area contributed by atoms with E-state index in [9.17, 15) is 0 Å². The van der Waals surface area contributed by atoms with E-state index in [1.54, 1.807) is 14.2 Å². The van der Waals surface area contributed by atoms with Gasteiger partial charge >= 0.3 is 0 Å². The Morgan fingerprint density at radius 3 is 1.00 bits per heavy atom. The van der Waals surface area contributed by atoms with Gasteiger partial charge in [-0.2, -0.15) is 0 Å². The van der Waals surface area contributed by atoms with Gasteiger partial charge in [-0.15, -0.1) is 0 Å². The van der Waals surface area contributed by atoms with Crippen molar-refractivity contribution in [2.75, 3.05) is 14.2 Å². The van der Waals surface area contributed by atoms with Crippen molar-refractivity contribution in [3.05, 3.63) is 23.3 Å². The molecule has 0 saturated carbocycles. The van der Waals surface area contributed by atoms with Gasteiger partial charge in [-0.1, -0.05) is 41.5 Å². The summed E-state index contributed by atoms with van der Waals surface area (Å²) in [6.45, 7) is 16.0. The summed E-state index contributed by atoms with van der Waals surface area (Å²) in [5.74, 6) is 1.82. The van der Waals surface area contributed by atoms with Gasteiger partial charge in [0.15, 0.2) is 0 Å². The normalized spacial score (nSPS) is 7.44. The Labute approximate surface area is 114 Å². The number of ether oxygens (including phenoxy) is 2. The lowest BCUT2D eigenvalue weighted by molar-refractivity contribution is 0.398. The summed E-state index contributed by atoms with van der Waals surface area (Å²) in [6.07, 6.45) is 0. The second kappa shape index (κ2) is 15.8. The predicted molar refractivity (Wildman–Crippen MR) is 83.1 cm³/mol. The summed E-state index contributed by atoms with van der Waals surface area (Å²) in [4.78, 5) is 0. The highest BCUT2D eigenvalue weighted by Gasteiger charge is 2.03. The second-order valence-corrected chi connectivity index (χ2v) is 2.79. The maximum absolute atomic E-state index is 5.17. The van der Waals surface area contributed by atoms with Crippen LogP contribution in [0.15, 0.2) is 12.1 Å². The van der Waals surface area contributed by atoms with E-state index in [0.29, 0.717) is 0 Å². The minimum atomic E-state index is 0.910. The van der Waals surface area contributed by atoms with Crippen molar-refractivity contribution in [2.24, 2.45) is 0 Å². The number of methoxy groups -OCH3 is 2. The zero-order chi connectivity index (χ0) is 15.1. The van der Waals surface area contributed by atoms with Gasteiger partial charge in [0.25, 0.3) is 0 Å². The lowest BCUT2D eigenvalue weighted by atomic mass is 10.1. The third-order valence-corrected chi connectivity index (χ3v) is 1.91. The van der Waals surface area contributed by atoms with E-state index < -0.39 is 0 Å². The molecule has 1 aromatic rings. The summed E-state index contributed by atoms with van der Waals surface area (Å²) < 4.78 is 10.3.